The first-order valence-corrected chi connectivity index (χ1v) is 18.8. The molecule has 0 atom stereocenters. The first kappa shape index (κ1) is 30.6. The highest BCUT2D eigenvalue weighted by atomic mass is 14.3. The minimum atomic E-state index is 1.24. The van der Waals surface area contributed by atoms with Gasteiger partial charge in [-0.1, -0.05) is 206 Å². The maximum absolute atomic E-state index is 2.37. The maximum Gasteiger partial charge on any atom is -0.00137 e. The molecule has 0 saturated carbocycles. The van der Waals surface area contributed by atoms with Gasteiger partial charge in [0.1, 0.15) is 0 Å². The van der Waals surface area contributed by atoms with E-state index in [2.05, 4.69) is 206 Å². The Labute approximate surface area is 314 Å². The van der Waals surface area contributed by atoms with E-state index in [-0.39, 0.29) is 0 Å². The van der Waals surface area contributed by atoms with Crippen molar-refractivity contribution in [2.75, 3.05) is 0 Å². The van der Waals surface area contributed by atoms with Crippen LogP contribution in [0.3, 0.4) is 0 Å². The Kier molecular flexibility index (Phi) is 6.97. The number of fused-ring (bicyclic) bond motifs is 6. The lowest BCUT2D eigenvalue weighted by atomic mass is 9.79. The summed E-state index contributed by atoms with van der Waals surface area (Å²) < 4.78 is 0. The zero-order valence-electron chi connectivity index (χ0n) is 29.6. The summed E-state index contributed by atoms with van der Waals surface area (Å²) in [5.41, 5.74) is 10.0. The smallest absolute Gasteiger partial charge is 0.00137 e. The first-order valence-electron chi connectivity index (χ1n) is 18.8. The summed E-state index contributed by atoms with van der Waals surface area (Å²) in [6.07, 6.45) is 0. The highest BCUT2D eigenvalue weighted by Crippen LogP contribution is 2.52. The highest BCUT2D eigenvalue weighted by Gasteiger charge is 2.24. The number of hydrogen-bond donors (Lipinski definition) is 0. The molecule has 0 radical (unpaired) electrons. The van der Waals surface area contributed by atoms with Gasteiger partial charge in [-0.05, 0) is 109 Å². The summed E-state index contributed by atoms with van der Waals surface area (Å²) in [5, 5.41) is 15.0. The van der Waals surface area contributed by atoms with Gasteiger partial charge in [0.15, 0.2) is 0 Å². The molecule has 0 spiro atoms. The van der Waals surface area contributed by atoms with Gasteiger partial charge in [0.25, 0.3) is 0 Å². The van der Waals surface area contributed by atoms with Crippen LogP contribution >= 0.6 is 0 Å². The molecule has 0 fully saturated rings. The average Bonchev–Trinajstić information content (AvgIpc) is 3.24. The van der Waals surface area contributed by atoms with Crippen molar-refractivity contribution in [3.05, 3.63) is 206 Å². The minimum Gasteiger partial charge on any atom is -0.0616 e. The largest absolute Gasteiger partial charge is 0.0616 e. The molecule has 11 rings (SSSR count). The lowest BCUT2D eigenvalue weighted by molar-refractivity contribution is 1.65. The molecule has 0 bridgehead atoms. The van der Waals surface area contributed by atoms with Crippen LogP contribution in [-0.4, -0.2) is 0 Å². The SMILES string of the molecule is c1ccc2c(-c3cccc4c(-c5cccc6ccccc56)c5c(-c6cccc7ccccc67)cccc5c(-c5cccc6ccccc56)c34)cccc2c1. The van der Waals surface area contributed by atoms with Crippen LogP contribution in [0.15, 0.2) is 206 Å². The Bertz CT molecular complexity index is 3030. The molecule has 0 aliphatic rings. The van der Waals surface area contributed by atoms with Gasteiger partial charge in [-0.2, -0.15) is 0 Å². The van der Waals surface area contributed by atoms with Crippen molar-refractivity contribution in [2.24, 2.45) is 0 Å². The summed E-state index contributed by atoms with van der Waals surface area (Å²) in [6, 6.07) is 76.3. The van der Waals surface area contributed by atoms with Gasteiger partial charge in [-0.15, -0.1) is 0 Å². The van der Waals surface area contributed by atoms with Gasteiger partial charge >= 0.3 is 0 Å². The van der Waals surface area contributed by atoms with Crippen LogP contribution in [0.4, 0.5) is 0 Å². The van der Waals surface area contributed by atoms with Crippen LogP contribution in [0.25, 0.3) is 109 Å². The van der Waals surface area contributed by atoms with Gasteiger partial charge in [-0.25, -0.2) is 0 Å². The second-order valence-electron chi connectivity index (χ2n) is 14.3. The van der Waals surface area contributed by atoms with E-state index in [1.807, 2.05) is 0 Å². The lowest BCUT2D eigenvalue weighted by Crippen LogP contribution is -1.96. The maximum atomic E-state index is 2.37. The molecule has 0 N–H and O–H groups in total. The van der Waals surface area contributed by atoms with Crippen LogP contribution in [0.1, 0.15) is 0 Å². The van der Waals surface area contributed by atoms with Gasteiger partial charge in [0, 0.05) is 0 Å². The Morgan fingerprint density at radius 2 is 0.407 bits per heavy atom. The third-order valence-electron chi connectivity index (χ3n) is 11.4. The Morgan fingerprint density at radius 1 is 0.167 bits per heavy atom. The van der Waals surface area contributed by atoms with Gasteiger partial charge in [-0.3, -0.25) is 0 Å². The molecule has 11 aromatic rings. The van der Waals surface area contributed by atoms with Crippen molar-refractivity contribution in [3.8, 4) is 44.5 Å². The van der Waals surface area contributed by atoms with Crippen molar-refractivity contribution in [3.63, 3.8) is 0 Å². The number of benzene rings is 11. The van der Waals surface area contributed by atoms with E-state index < -0.39 is 0 Å². The van der Waals surface area contributed by atoms with Gasteiger partial charge in [0.05, 0.1) is 0 Å². The van der Waals surface area contributed by atoms with Crippen molar-refractivity contribution in [1.82, 2.24) is 0 Å². The van der Waals surface area contributed by atoms with Crippen LogP contribution in [0, 0.1) is 0 Å². The zero-order chi connectivity index (χ0) is 35.6. The topological polar surface area (TPSA) is 0 Å². The second-order valence-corrected chi connectivity index (χ2v) is 14.3. The van der Waals surface area contributed by atoms with E-state index in [4.69, 9.17) is 0 Å². The van der Waals surface area contributed by atoms with E-state index in [9.17, 15) is 0 Å². The predicted molar refractivity (Wildman–Crippen MR) is 233 cm³/mol. The quantitative estimate of drug-likeness (QED) is 0.162. The van der Waals surface area contributed by atoms with Gasteiger partial charge < -0.3 is 0 Å². The van der Waals surface area contributed by atoms with E-state index in [1.54, 1.807) is 0 Å². The molecule has 0 saturated heterocycles. The normalized spacial score (nSPS) is 11.7. The number of hydrogen-bond acceptors (Lipinski definition) is 0. The molecule has 0 unspecified atom stereocenters. The van der Waals surface area contributed by atoms with Gasteiger partial charge in [0.2, 0.25) is 0 Å². The molecule has 0 aliphatic heterocycles. The molecule has 54 heavy (non-hydrogen) atoms. The first-order chi connectivity index (χ1) is 26.8. The molecule has 0 heteroatoms. The summed E-state index contributed by atoms with van der Waals surface area (Å²) >= 11 is 0. The van der Waals surface area contributed by atoms with Crippen LogP contribution < -0.4 is 0 Å². The molecule has 0 amide bonds. The Balaban J connectivity index is 1.43. The monoisotopic (exact) mass is 682 g/mol. The standard InChI is InChI=1S/C54H34/c1-5-23-39-35(15-1)19-9-27-43(39)47-31-13-33-49-52(46-30-12-22-38-18-4-8-26-42(38)46)54-48(44-28-10-20-36-16-2-6-24-40(36)44)32-14-34-50(54)51(53(47)49)45-29-11-21-37-17-3-7-25-41(37)45/h1-34H. The fraction of sp³-hybridized carbons (Fsp3) is 0. The third-order valence-corrected chi connectivity index (χ3v) is 11.4. The molecule has 0 aliphatic carbocycles. The summed E-state index contributed by atoms with van der Waals surface area (Å²) in [4.78, 5) is 0. The fourth-order valence-corrected chi connectivity index (χ4v) is 9.15. The van der Waals surface area contributed by atoms with E-state index in [0.717, 1.165) is 0 Å². The van der Waals surface area contributed by atoms with Crippen molar-refractivity contribution >= 4 is 64.6 Å². The molecule has 0 nitrogen and oxygen atoms in total. The van der Waals surface area contributed by atoms with Crippen LogP contribution in [0.2, 0.25) is 0 Å². The number of rotatable bonds is 4. The van der Waals surface area contributed by atoms with E-state index in [1.165, 1.54) is 109 Å². The van der Waals surface area contributed by atoms with Crippen molar-refractivity contribution in [1.29, 1.82) is 0 Å². The van der Waals surface area contributed by atoms with E-state index in [0.29, 0.717) is 0 Å². The van der Waals surface area contributed by atoms with Crippen molar-refractivity contribution < 1.29 is 0 Å². The van der Waals surface area contributed by atoms with Crippen LogP contribution in [0.5, 0.6) is 0 Å². The molecule has 0 aromatic heterocycles. The zero-order valence-corrected chi connectivity index (χ0v) is 29.6. The molecular formula is C54H34. The summed E-state index contributed by atoms with van der Waals surface area (Å²) in [6.45, 7) is 0. The highest BCUT2D eigenvalue weighted by molar-refractivity contribution is 6.31. The van der Waals surface area contributed by atoms with Crippen molar-refractivity contribution in [2.45, 2.75) is 0 Å². The molecule has 11 aromatic carbocycles. The fourth-order valence-electron chi connectivity index (χ4n) is 9.15. The predicted octanol–water partition coefficient (Wildman–Crippen LogP) is 15.3. The lowest BCUT2D eigenvalue weighted by Gasteiger charge is -2.24. The van der Waals surface area contributed by atoms with Crippen LogP contribution in [-0.2, 0) is 0 Å². The average molecular weight is 683 g/mol. The minimum absolute atomic E-state index is 1.24. The molecule has 250 valence electrons. The molecular weight excluding hydrogens is 649 g/mol. The molecule has 0 heterocycles. The third kappa shape index (κ3) is 4.64. The summed E-state index contributed by atoms with van der Waals surface area (Å²) in [5.74, 6) is 0. The Hall–Kier alpha value is -7.02. The second kappa shape index (κ2) is 12.3. The summed E-state index contributed by atoms with van der Waals surface area (Å²) in [7, 11) is 0. The van der Waals surface area contributed by atoms with E-state index >= 15 is 0 Å². The Morgan fingerprint density at radius 3 is 0.778 bits per heavy atom.